The van der Waals surface area contributed by atoms with Crippen molar-refractivity contribution in [3.05, 3.63) is 83.7 Å². The molecule has 1 aliphatic carbocycles. The predicted octanol–water partition coefficient (Wildman–Crippen LogP) is 5.56. The molecule has 1 saturated carbocycles. The van der Waals surface area contributed by atoms with Gasteiger partial charge in [0.1, 0.15) is 17.3 Å². The van der Waals surface area contributed by atoms with Crippen LogP contribution in [0.3, 0.4) is 0 Å². The van der Waals surface area contributed by atoms with Crippen LogP contribution in [0.5, 0.6) is 5.75 Å². The van der Waals surface area contributed by atoms with Crippen LogP contribution in [0, 0.1) is 12.8 Å². The zero-order valence-electron chi connectivity index (χ0n) is 29.0. The standard InChI is InChI=1S/C37H44N6O7/c1-6-50-32(44)21-29(27-13-9-10-18-38-27)39-33(45)30(19-24-14-15-24)43-34(46)37(3,4)42(36(43)48)22-25-16-17-28(31(20-25)49-5)41-35(47)40-26-12-8-7-11-23(26)2/h7-13,16-18,20,24,29-30H,6,14-15,19,21-22H2,1-5H3,(H,39,45)(H2,40,41,47)/t29?,30-/m0/s1. The van der Waals surface area contributed by atoms with Gasteiger partial charge in [0, 0.05) is 18.4 Å². The smallest absolute Gasteiger partial charge is 0.328 e. The molecule has 2 heterocycles. The second-order valence-corrected chi connectivity index (χ2v) is 13.1. The third-order valence-electron chi connectivity index (χ3n) is 9.01. The normalized spacial score (nSPS) is 16.4. The largest absolute Gasteiger partial charge is 0.495 e. The van der Waals surface area contributed by atoms with Crippen LogP contribution in [0.2, 0.25) is 0 Å². The summed E-state index contributed by atoms with van der Waals surface area (Å²) in [6.07, 6.45) is 3.49. The predicted molar refractivity (Wildman–Crippen MR) is 186 cm³/mol. The van der Waals surface area contributed by atoms with Gasteiger partial charge in [-0.1, -0.05) is 43.2 Å². The molecule has 13 nitrogen and oxygen atoms in total. The van der Waals surface area contributed by atoms with Crippen LogP contribution >= 0.6 is 0 Å². The van der Waals surface area contributed by atoms with E-state index in [2.05, 4.69) is 20.9 Å². The average molecular weight is 685 g/mol. The highest BCUT2D eigenvalue weighted by Crippen LogP contribution is 2.39. The summed E-state index contributed by atoms with van der Waals surface area (Å²) in [7, 11) is 1.47. The fourth-order valence-electron chi connectivity index (χ4n) is 5.98. The Morgan fingerprint density at radius 3 is 2.38 bits per heavy atom. The van der Waals surface area contributed by atoms with E-state index in [-0.39, 0.29) is 25.5 Å². The average Bonchev–Trinajstić information content (AvgIpc) is 3.90. The number of benzene rings is 2. The molecular weight excluding hydrogens is 640 g/mol. The fourth-order valence-corrected chi connectivity index (χ4v) is 5.98. The number of methoxy groups -OCH3 is 1. The lowest BCUT2D eigenvalue weighted by Gasteiger charge is -2.28. The molecular formula is C37H44N6O7. The summed E-state index contributed by atoms with van der Waals surface area (Å²) in [6.45, 7) is 7.12. The van der Waals surface area contributed by atoms with Gasteiger partial charge in [0.2, 0.25) is 5.91 Å². The molecule has 0 bridgehead atoms. The molecule has 264 valence electrons. The number of nitrogens with zero attached hydrogens (tertiary/aromatic N) is 3. The van der Waals surface area contributed by atoms with Crippen molar-refractivity contribution in [2.24, 2.45) is 5.92 Å². The topological polar surface area (TPSA) is 159 Å². The van der Waals surface area contributed by atoms with Crippen LogP contribution in [0.15, 0.2) is 66.9 Å². The van der Waals surface area contributed by atoms with E-state index in [0.29, 0.717) is 34.8 Å². The first-order valence-electron chi connectivity index (χ1n) is 16.8. The Kier molecular flexibility index (Phi) is 11.0. The Morgan fingerprint density at radius 1 is 1.00 bits per heavy atom. The first-order valence-corrected chi connectivity index (χ1v) is 16.8. The quantitative estimate of drug-likeness (QED) is 0.147. The molecule has 3 aromatic rings. The minimum atomic E-state index is -1.28. The van der Waals surface area contributed by atoms with E-state index in [4.69, 9.17) is 9.47 Å². The molecule has 1 unspecified atom stereocenters. The van der Waals surface area contributed by atoms with Crippen molar-refractivity contribution in [3.8, 4) is 5.75 Å². The van der Waals surface area contributed by atoms with Gasteiger partial charge in [0.15, 0.2) is 0 Å². The van der Waals surface area contributed by atoms with E-state index < -0.39 is 47.5 Å². The third-order valence-corrected chi connectivity index (χ3v) is 9.01. The summed E-state index contributed by atoms with van der Waals surface area (Å²) in [4.78, 5) is 74.2. The van der Waals surface area contributed by atoms with Crippen molar-refractivity contribution in [1.29, 1.82) is 0 Å². The SMILES string of the molecule is CCOC(=O)CC(NC(=O)[C@H](CC1CC1)N1C(=O)N(Cc2ccc(NC(=O)Nc3ccccc3C)c(OC)c2)C(C)(C)C1=O)c1ccccn1. The van der Waals surface area contributed by atoms with E-state index in [1.54, 1.807) is 69.4 Å². The maximum Gasteiger partial charge on any atom is 0.328 e. The number of ether oxygens (including phenoxy) is 2. The second kappa shape index (κ2) is 15.4. The van der Waals surface area contributed by atoms with Crippen molar-refractivity contribution in [1.82, 2.24) is 20.1 Å². The van der Waals surface area contributed by atoms with Crippen molar-refractivity contribution in [2.45, 2.75) is 77.5 Å². The highest BCUT2D eigenvalue weighted by Gasteiger charge is 2.55. The van der Waals surface area contributed by atoms with Crippen molar-refractivity contribution in [3.63, 3.8) is 0 Å². The van der Waals surface area contributed by atoms with Crippen LogP contribution in [-0.2, 0) is 25.7 Å². The van der Waals surface area contributed by atoms with E-state index in [9.17, 15) is 24.0 Å². The summed E-state index contributed by atoms with van der Waals surface area (Å²) < 4.78 is 10.7. The number of hydrogen-bond donors (Lipinski definition) is 3. The Bertz CT molecular complexity index is 1740. The lowest BCUT2D eigenvalue weighted by Crippen LogP contribution is -2.52. The van der Waals surface area contributed by atoms with Gasteiger partial charge in [-0.2, -0.15) is 0 Å². The van der Waals surface area contributed by atoms with Gasteiger partial charge in [-0.05, 0) is 81.5 Å². The van der Waals surface area contributed by atoms with E-state index >= 15 is 0 Å². The zero-order valence-corrected chi connectivity index (χ0v) is 29.0. The number of rotatable bonds is 14. The maximum atomic E-state index is 14.1. The van der Waals surface area contributed by atoms with Crippen molar-refractivity contribution >= 4 is 41.2 Å². The number of carbonyl (C=O) groups excluding carboxylic acids is 5. The van der Waals surface area contributed by atoms with Crippen LogP contribution in [0.1, 0.15) is 69.3 Å². The third kappa shape index (κ3) is 8.21. The van der Waals surface area contributed by atoms with Gasteiger partial charge in [0.05, 0.1) is 37.6 Å². The summed E-state index contributed by atoms with van der Waals surface area (Å²) in [5.41, 5.74) is 1.83. The summed E-state index contributed by atoms with van der Waals surface area (Å²) in [6, 6.07) is 14.7. The van der Waals surface area contributed by atoms with E-state index in [0.717, 1.165) is 23.3 Å². The lowest BCUT2D eigenvalue weighted by molar-refractivity contribution is -0.144. The summed E-state index contributed by atoms with van der Waals surface area (Å²) in [5.74, 6) is -0.998. The number of anilines is 2. The molecule has 6 amide bonds. The molecule has 2 atom stereocenters. The van der Waals surface area contributed by atoms with Crippen LogP contribution in [0.25, 0.3) is 0 Å². The fraction of sp³-hybridized carbons (Fsp3) is 0.405. The molecule has 50 heavy (non-hydrogen) atoms. The molecule has 0 spiro atoms. The number of hydrogen-bond acceptors (Lipinski definition) is 8. The van der Waals surface area contributed by atoms with Gasteiger partial charge >= 0.3 is 18.0 Å². The molecule has 5 rings (SSSR count). The number of urea groups is 2. The van der Waals surface area contributed by atoms with Gasteiger partial charge in [0.25, 0.3) is 5.91 Å². The first-order chi connectivity index (χ1) is 23.9. The van der Waals surface area contributed by atoms with E-state index in [1.807, 2.05) is 25.1 Å². The number of pyridine rings is 1. The number of amides is 6. The van der Waals surface area contributed by atoms with Gasteiger partial charge in [-0.3, -0.25) is 19.4 Å². The highest BCUT2D eigenvalue weighted by atomic mass is 16.5. The second-order valence-electron chi connectivity index (χ2n) is 13.1. The van der Waals surface area contributed by atoms with Crippen molar-refractivity contribution < 1.29 is 33.4 Å². The number of aryl methyl sites for hydroxylation is 1. The number of para-hydroxylation sites is 1. The molecule has 0 radical (unpaired) electrons. The maximum absolute atomic E-state index is 14.1. The molecule has 3 N–H and O–H groups in total. The number of esters is 1. The van der Waals surface area contributed by atoms with Crippen molar-refractivity contribution in [2.75, 3.05) is 24.4 Å². The van der Waals surface area contributed by atoms with Gasteiger partial charge < -0.3 is 30.3 Å². The molecule has 13 heteroatoms. The van der Waals surface area contributed by atoms with Crippen LogP contribution < -0.4 is 20.7 Å². The minimum Gasteiger partial charge on any atom is -0.495 e. The monoisotopic (exact) mass is 684 g/mol. The number of carbonyl (C=O) groups is 5. The molecule has 1 aromatic heterocycles. The Morgan fingerprint density at radius 2 is 1.72 bits per heavy atom. The molecule has 2 aliphatic rings. The molecule has 2 aromatic carbocycles. The summed E-state index contributed by atoms with van der Waals surface area (Å²) >= 11 is 0. The summed E-state index contributed by atoms with van der Waals surface area (Å²) in [5, 5.41) is 8.52. The number of imide groups is 1. The lowest BCUT2D eigenvalue weighted by atomic mass is 10.0. The molecule has 2 fully saturated rings. The van der Waals surface area contributed by atoms with E-state index in [1.165, 1.54) is 12.0 Å². The Balaban J connectivity index is 1.34. The Hall–Kier alpha value is -5.46. The minimum absolute atomic E-state index is 0.0390. The van der Waals surface area contributed by atoms with Gasteiger partial charge in [-0.15, -0.1) is 0 Å². The molecule has 1 aliphatic heterocycles. The first kappa shape index (κ1) is 35.8. The van der Waals surface area contributed by atoms with Crippen LogP contribution in [0.4, 0.5) is 21.0 Å². The Labute approximate surface area is 291 Å². The highest BCUT2D eigenvalue weighted by molar-refractivity contribution is 6.09. The molecule has 1 saturated heterocycles. The number of aromatic nitrogens is 1. The van der Waals surface area contributed by atoms with Crippen LogP contribution in [-0.4, -0.2) is 69.9 Å². The zero-order chi connectivity index (χ0) is 36.0. The van der Waals surface area contributed by atoms with Gasteiger partial charge in [-0.25, -0.2) is 14.5 Å². The number of nitrogens with one attached hydrogen (secondary N) is 3.